The van der Waals surface area contributed by atoms with Crippen molar-refractivity contribution in [2.45, 2.75) is 11.8 Å². The quantitative estimate of drug-likeness (QED) is 0.336. The van der Waals surface area contributed by atoms with Crippen molar-refractivity contribution >= 4 is 49.2 Å². The van der Waals surface area contributed by atoms with E-state index in [-0.39, 0.29) is 16.4 Å². The van der Waals surface area contributed by atoms with Crippen molar-refractivity contribution in [3.05, 3.63) is 78.2 Å². The number of anilines is 2. The smallest absolute Gasteiger partial charge is 0.269 e. The first-order chi connectivity index (χ1) is 19.3. The van der Waals surface area contributed by atoms with Gasteiger partial charge in [0.15, 0.2) is 5.65 Å². The summed E-state index contributed by atoms with van der Waals surface area (Å²) in [7, 11) is -2.45. The molecule has 204 valence electrons. The van der Waals surface area contributed by atoms with Crippen LogP contribution in [0.1, 0.15) is 15.9 Å². The number of carbonyl (C=O) groups excluding carboxylic acids is 1. The molecule has 10 nitrogen and oxygen atoms in total. The summed E-state index contributed by atoms with van der Waals surface area (Å²) in [6, 6.07) is 14.1. The lowest BCUT2D eigenvalue weighted by molar-refractivity contribution is 0.0963. The number of aromatic nitrogens is 3. The summed E-state index contributed by atoms with van der Waals surface area (Å²) in [6.07, 6.45) is 4.61. The first kappa shape index (κ1) is 25.8. The van der Waals surface area contributed by atoms with E-state index in [1.165, 1.54) is 17.2 Å². The average Bonchev–Trinajstić information content (AvgIpc) is 3.37. The molecule has 0 unspecified atom stereocenters. The van der Waals surface area contributed by atoms with Gasteiger partial charge in [0.05, 0.1) is 46.8 Å². The van der Waals surface area contributed by atoms with Crippen molar-refractivity contribution < 1.29 is 17.9 Å². The number of benzene rings is 2. The predicted molar refractivity (Wildman–Crippen MR) is 155 cm³/mol. The summed E-state index contributed by atoms with van der Waals surface area (Å²) < 4.78 is 34.3. The highest BCUT2D eigenvalue weighted by molar-refractivity contribution is 7.90. The Kier molecular flexibility index (Phi) is 6.40. The van der Waals surface area contributed by atoms with Crippen LogP contribution in [0.15, 0.2) is 72.0 Å². The second kappa shape index (κ2) is 9.92. The number of nitrogens with one attached hydrogen (secondary N) is 1. The van der Waals surface area contributed by atoms with Gasteiger partial charge < -0.3 is 20.7 Å². The van der Waals surface area contributed by atoms with E-state index in [9.17, 15) is 13.2 Å². The lowest BCUT2D eigenvalue weighted by Gasteiger charge is -2.30. The van der Waals surface area contributed by atoms with E-state index in [1.54, 1.807) is 42.7 Å². The lowest BCUT2D eigenvalue weighted by Crippen LogP contribution is -2.36. The third-order valence-electron chi connectivity index (χ3n) is 7.19. The number of ether oxygens (including phenoxy) is 1. The van der Waals surface area contributed by atoms with Crippen LogP contribution in [0.5, 0.6) is 0 Å². The molecule has 0 radical (unpaired) electrons. The Balaban J connectivity index is 1.59. The summed E-state index contributed by atoms with van der Waals surface area (Å²) in [5, 5.41) is 3.98. The number of nitrogens with two attached hydrogens (primary N) is 1. The molecular formula is C29H28N6O4S. The van der Waals surface area contributed by atoms with E-state index in [1.807, 2.05) is 25.1 Å². The number of hydrogen-bond donors (Lipinski definition) is 2. The second-order valence-electron chi connectivity index (χ2n) is 9.72. The first-order valence-corrected chi connectivity index (χ1v) is 14.3. The molecule has 1 aliphatic heterocycles. The molecule has 1 aliphatic rings. The molecule has 1 amide bonds. The zero-order chi connectivity index (χ0) is 28.0. The Labute approximate surface area is 231 Å². The van der Waals surface area contributed by atoms with Gasteiger partial charge >= 0.3 is 0 Å². The van der Waals surface area contributed by atoms with E-state index in [2.05, 4.69) is 20.2 Å². The van der Waals surface area contributed by atoms with Gasteiger partial charge in [-0.1, -0.05) is 23.8 Å². The molecule has 0 saturated carbocycles. The van der Waals surface area contributed by atoms with E-state index in [4.69, 9.17) is 10.5 Å². The maximum atomic E-state index is 13.8. The van der Waals surface area contributed by atoms with Gasteiger partial charge in [-0.15, -0.1) is 0 Å². The highest BCUT2D eigenvalue weighted by Gasteiger charge is 2.25. The molecule has 3 aromatic heterocycles. The molecule has 40 heavy (non-hydrogen) atoms. The SMILES string of the molecule is CNC(=O)c1cnc2c(c1)c(-c1ccc3ncc(N)c(N4CCOCC4)c3c1)cn2S(=O)(=O)c1ccc(C)cc1. The third-order valence-corrected chi connectivity index (χ3v) is 8.85. The summed E-state index contributed by atoms with van der Waals surface area (Å²) in [5.74, 6) is -0.320. The average molecular weight is 557 g/mol. The molecule has 4 heterocycles. The Morgan fingerprint density at radius 3 is 2.48 bits per heavy atom. The maximum absolute atomic E-state index is 13.8. The van der Waals surface area contributed by atoms with Gasteiger partial charge in [0.25, 0.3) is 15.9 Å². The Bertz CT molecular complexity index is 1880. The van der Waals surface area contributed by atoms with Crippen LogP contribution in [0.25, 0.3) is 33.1 Å². The van der Waals surface area contributed by atoms with Crippen molar-refractivity contribution in [3.8, 4) is 11.1 Å². The number of fused-ring (bicyclic) bond motifs is 2. The minimum atomic E-state index is -3.98. The minimum Gasteiger partial charge on any atom is -0.396 e. The van der Waals surface area contributed by atoms with Gasteiger partial charge in [-0.25, -0.2) is 17.4 Å². The van der Waals surface area contributed by atoms with E-state index in [0.717, 1.165) is 27.7 Å². The fraction of sp³-hybridized carbons (Fsp3) is 0.207. The molecule has 5 aromatic rings. The van der Waals surface area contributed by atoms with Crippen molar-refractivity contribution in [2.24, 2.45) is 0 Å². The largest absolute Gasteiger partial charge is 0.396 e. The number of rotatable bonds is 5. The highest BCUT2D eigenvalue weighted by Crippen LogP contribution is 2.38. The van der Waals surface area contributed by atoms with E-state index < -0.39 is 10.0 Å². The minimum absolute atomic E-state index is 0.142. The summed E-state index contributed by atoms with van der Waals surface area (Å²) in [6.45, 7) is 4.48. The van der Waals surface area contributed by atoms with Crippen molar-refractivity contribution in [2.75, 3.05) is 44.0 Å². The van der Waals surface area contributed by atoms with Gasteiger partial charge in [-0.3, -0.25) is 9.78 Å². The number of hydrogen-bond acceptors (Lipinski definition) is 8. The number of amides is 1. The molecule has 11 heteroatoms. The monoisotopic (exact) mass is 556 g/mol. The van der Waals surface area contributed by atoms with Crippen LogP contribution in [0.4, 0.5) is 11.4 Å². The maximum Gasteiger partial charge on any atom is 0.269 e. The molecule has 0 aliphatic carbocycles. The van der Waals surface area contributed by atoms with Crippen molar-refractivity contribution in [1.29, 1.82) is 0 Å². The Morgan fingerprint density at radius 2 is 1.75 bits per heavy atom. The predicted octanol–water partition coefficient (Wildman–Crippen LogP) is 3.58. The van der Waals surface area contributed by atoms with E-state index in [0.29, 0.717) is 48.5 Å². The van der Waals surface area contributed by atoms with Gasteiger partial charge in [-0.05, 0) is 42.8 Å². The molecule has 3 N–H and O–H groups in total. The fourth-order valence-electron chi connectivity index (χ4n) is 5.09. The normalized spacial score (nSPS) is 14.1. The first-order valence-electron chi connectivity index (χ1n) is 12.8. The number of nitrogen functional groups attached to an aromatic ring is 1. The highest BCUT2D eigenvalue weighted by atomic mass is 32.2. The topological polar surface area (TPSA) is 132 Å². The number of carbonyl (C=O) groups is 1. The number of morpholine rings is 1. The zero-order valence-corrected chi connectivity index (χ0v) is 22.9. The summed E-state index contributed by atoms with van der Waals surface area (Å²) >= 11 is 0. The molecule has 1 saturated heterocycles. The van der Waals surface area contributed by atoms with Crippen molar-refractivity contribution in [3.63, 3.8) is 0 Å². The van der Waals surface area contributed by atoms with Crippen LogP contribution < -0.4 is 16.0 Å². The lowest BCUT2D eigenvalue weighted by atomic mass is 10.0. The number of pyridine rings is 2. The molecule has 0 atom stereocenters. The molecule has 0 spiro atoms. The van der Waals surface area contributed by atoms with Gasteiger partial charge in [-0.2, -0.15) is 0 Å². The molecule has 6 rings (SSSR count). The van der Waals surface area contributed by atoms with Crippen LogP contribution in [-0.2, 0) is 14.8 Å². The second-order valence-corrected chi connectivity index (χ2v) is 11.5. The zero-order valence-electron chi connectivity index (χ0n) is 22.1. The van der Waals surface area contributed by atoms with Gasteiger partial charge in [0.1, 0.15) is 0 Å². The standard InChI is InChI=1S/C29H28N6O4S/c1-18-3-6-21(7-4-18)40(37,38)35-17-24(22-14-20(29(36)31-2)15-33-28(22)35)19-5-8-26-23(13-19)27(25(30)16-32-26)34-9-11-39-12-10-34/h3-8,13-17H,9-12,30H2,1-2H3,(H,31,36). The summed E-state index contributed by atoms with van der Waals surface area (Å²) in [4.78, 5) is 23.8. The van der Waals surface area contributed by atoms with Crippen LogP contribution in [0, 0.1) is 6.92 Å². The summed E-state index contributed by atoms with van der Waals surface area (Å²) in [5.41, 5.74) is 11.5. The van der Waals surface area contributed by atoms with Gasteiger partial charge in [0.2, 0.25) is 0 Å². The Hall–Kier alpha value is -4.48. The van der Waals surface area contributed by atoms with Crippen LogP contribution in [-0.4, -0.2) is 61.6 Å². The number of nitrogens with zero attached hydrogens (tertiary/aromatic N) is 4. The van der Waals surface area contributed by atoms with E-state index >= 15 is 0 Å². The molecule has 1 fully saturated rings. The van der Waals surface area contributed by atoms with Crippen LogP contribution in [0.2, 0.25) is 0 Å². The van der Waals surface area contributed by atoms with Crippen molar-refractivity contribution in [1.82, 2.24) is 19.3 Å². The Morgan fingerprint density at radius 1 is 1.00 bits per heavy atom. The molecular weight excluding hydrogens is 528 g/mol. The fourth-order valence-corrected chi connectivity index (χ4v) is 6.41. The third kappa shape index (κ3) is 4.33. The van der Waals surface area contributed by atoms with Gasteiger partial charge in [0, 0.05) is 48.9 Å². The molecule has 0 bridgehead atoms. The van der Waals surface area contributed by atoms with Crippen LogP contribution >= 0.6 is 0 Å². The molecule has 2 aromatic carbocycles. The number of aryl methyl sites for hydroxylation is 1. The van der Waals surface area contributed by atoms with Crippen LogP contribution in [0.3, 0.4) is 0 Å².